The van der Waals surface area contributed by atoms with E-state index in [0.29, 0.717) is 17.9 Å². The van der Waals surface area contributed by atoms with Gasteiger partial charge in [-0.1, -0.05) is 41.0 Å². The molecule has 0 aliphatic heterocycles. The van der Waals surface area contributed by atoms with E-state index in [-0.39, 0.29) is 5.52 Å². The molecule has 0 atom stereocenters. The van der Waals surface area contributed by atoms with Gasteiger partial charge in [-0.15, -0.1) is 0 Å². The number of rotatable bonds is 6. The van der Waals surface area contributed by atoms with E-state index < -0.39 is 7.14 Å². The first-order chi connectivity index (χ1) is 10.6. The van der Waals surface area contributed by atoms with Crippen LogP contribution in [-0.4, -0.2) is 17.8 Å². The monoisotopic (exact) mass is 332 g/mol. The molecular weight excluding hydrogens is 303 g/mol. The summed E-state index contributed by atoms with van der Waals surface area (Å²) in [5.74, 6) is 0. The quantitative estimate of drug-likeness (QED) is 0.469. The van der Waals surface area contributed by atoms with Crippen molar-refractivity contribution in [3.8, 4) is 0 Å². The first-order valence-corrected chi connectivity index (χ1v) is 10.1. The molecule has 23 heavy (non-hydrogen) atoms. The van der Waals surface area contributed by atoms with Gasteiger partial charge in [0.05, 0.1) is 0 Å². The van der Waals surface area contributed by atoms with E-state index in [9.17, 15) is 9.36 Å². The highest BCUT2D eigenvalue weighted by atomic mass is 31.2. The standard InChI is InChI=1S/C20H29O2P/c1-14(2)8-10-23(22,11-9-15(3)4)20(21)19-17(6)12-16(5)13-18(19)7/h8-9,12-13H,10-11H2,1-7H3. The third-order valence-corrected chi connectivity index (χ3v) is 6.36. The molecule has 0 spiro atoms. The predicted molar refractivity (Wildman–Crippen MR) is 101 cm³/mol. The van der Waals surface area contributed by atoms with E-state index in [1.165, 1.54) is 0 Å². The van der Waals surface area contributed by atoms with Crippen LogP contribution in [0.3, 0.4) is 0 Å². The van der Waals surface area contributed by atoms with Crippen LogP contribution in [0.4, 0.5) is 0 Å². The molecule has 1 aromatic rings. The fourth-order valence-corrected chi connectivity index (χ4v) is 5.18. The summed E-state index contributed by atoms with van der Waals surface area (Å²) in [7, 11) is -3.00. The summed E-state index contributed by atoms with van der Waals surface area (Å²) in [5, 5.41) is 0. The smallest absolute Gasteiger partial charge is 0.222 e. The van der Waals surface area contributed by atoms with Gasteiger partial charge in [-0.2, -0.15) is 0 Å². The molecule has 126 valence electrons. The molecule has 1 aromatic carbocycles. The third-order valence-electron chi connectivity index (χ3n) is 3.85. The zero-order valence-electron chi connectivity index (χ0n) is 15.5. The van der Waals surface area contributed by atoms with Gasteiger partial charge in [-0.3, -0.25) is 4.79 Å². The SMILES string of the molecule is CC(C)=CCP(=O)(CC=C(C)C)C(=O)c1c(C)cc(C)cc1C. The lowest BCUT2D eigenvalue weighted by Gasteiger charge is -2.18. The van der Waals surface area contributed by atoms with E-state index in [4.69, 9.17) is 0 Å². The summed E-state index contributed by atoms with van der Waals surface area (Å²) in [6.45, 7) is 13.8. The molecule has 0 aliphatic carbocycles. The van der Waals surface area contributed by atoms with Gasteiger partial charge in [0.2, 0.25) is 5.52 Å². The maximum absolute atomic E-state index is 13.5. The largest absolute Gasteiger partial charge is 0.315 e. The minimum absolute atomic E-state index is 0.178. The molecule has 0 radical (unpaired) electrons. The molecule has 0 bridgehead atoms. The Hall–Kier alpha value is -1.40. The molecule has 0 fully saturated rings. The van der Waals surface area contributed by atoms with Gasteiger partial charge < -0.3 is 4.57 Å². The predicted octanol–water partition coefficient (Wildman–Crippen LogP) is 6.05. The minimum Gasteiger partial charge on any atom is -0.315 e. The van der Waals surface area contributed by atoms with Gasteiger partial charge in [-0.05, 0) is 59.6 Å². The molecule has 0 saturated heterocycles. The number of hydrogen-bond acceptors (Lipinski definition) is 2. The first kappa shape index (κ1) is 19.6. The van der Waals surface area contributed by atoms with Crippen LogP contribution in [0.1, 0.15) is 54.7 Å². The zero-order valence-corrected chi connectivity index (χ0v) is 16.4. The lowest BCUT2D eigenvalue weighted by molar-refractivity contribution is 0.107. The van der Waals surface area contributed by atoms with Crippen LogP contribution in [0.25, 0.3) is 0 Å². The Morgan fingerprint density at radius 1 is 0.913 bits per heavy atom. The number of benzene rings is 1. The van der Waals surface area contributed by atoms with Gasteiger partial charge in [0, 0.05) is 17.9 Å². The van der Waals surface area contributed by atoms with Crippen LogP contribution in [-0.2, 0) is 4.57 Å². The Labute approximate surface area is 141 Å². The fourth-order valence-electron chi connectivity index (χ4n) is 2.62. The third kappa shape index (κ3) is 5.32. The molecule has 1 rings (SSSR count). The van der Waals surface area contributed by atoms with Gasteiger partial charge in [0.15, 0.2) is 7.14 Å². The summed E-state index contributed by atoms with van der Waals surface area (Å²) >= 11 is 0. The summed E-state index contributed by atoms with van der Waals surface area (Å²) < 4.78 is 13.5. The average molecular weight is 332 g/mol. The number of aryl methyl sites for hydroxylation is 3. The molecular formula is C20H29O2P. The van der Waals surface area contributed by atoms with Crippen LogP contribution in [0.15, 0.2) is 35.4 Å². The maximum Gasteiger partial charge on any atom is 0.222 e. The highest BCUT2D eigenvalue weighted by Crippen LogP contribution is 2.50. The van der Waals surface area contributed by atoms with Crippen molar-refractivity contribution in [2.24, 2.45) is 0 Å². The van der Waals surface area contributed by atoms with Crippen LogP contribution in [0, 0.1) is 20.8 Å². The number of allylic oxidation sites excluding steroid dienone is 4. The lowest BCUT2D eigenvalue weighted by Crippen LogP contribution is -2.10. The normalized spacial score (nSPS) is 11.1. The van der Waals surface area contributed by atoms with Crippen molar-refractivity contribution in [2.75, 3.05) is 12.3 Å². The molecule has 3 heteroatoms. The van der Waals surface area contributed by atoms with Crippen LogP contribution < -0.4 is 0 Å². The Bertz CT molecular complexity index is 653. The topological polar surface area (TPSA) is 34.1 Å². The van der Waals surface area contributed by atoms with Crippen LogP contribution >= 0.6 is 7.14 Å². The van der Waals surface area contributed by atoms with Crippen LogP contribution in [0.5, 0.6) is 0 Å². The highest BCUT2D eigenvalue weighted by molar-refractivity contribution is 7.81. The van der Waals surface area contributed by atoms with Crippen molar-refractivity contribution in [1.29, 1.82) is 0 Å². The Kier molecular flexibility index (Phi) is 6.77. The van der Waals surface area contributed by atoms with E-state index in [1.807, 2.05) is 72.8 Å². The molecule has 0 amide bonds. The molecule has 0 N–H and O–H groups in total. The fraction of sp³-hybridized carbons (Fsp3) is 0.450. The number of carbonyl (C=O) groups is 1. The molecule has 0 aromatic heterocycles. The second kappa shape index (κ2) is 7.93. The van der Waals surface area contributed by atoms with E-state index in [2.05, 4.69) is 0 Å². The van der Waals surface area contributed by atoms with Gasteiger partial charge in [-0.25, -0.2) is 0 Å². The lowest BCUT2D eigenvalue weighted by atomic mass is 10.0. The van der Waals surface area contributed by atoms with Crippen molar-refractivity contribution in [1.82, 2.24) is 0 Å². The zero-order chi connectivity index (χ0) is 17.8. The molecule has 0 unspecified atom stereocenters. The minimum atomic E-state index is -3.00. The van der Waals surface area contributed by atoms with E-state index in [1.54, 1.807) is 0 Å². The summed E-state index contributed by atoms with van der Waals surface area (Å²) in [5.41, 5.74) is 5.61. The van der Waals surface area contributed by atoms with Crippen molar-refractivity contribution >= 4 is 12.7 Å². The number of carbonyl (C=O) groups excluding carboxylic acids is 1. The summed E-state index contributed by atoms with van der Waals surface area (Å²) in [6.07, 6.45) is 4.53. The number of hydrogen-bond donors (Lipinski definition) is 0. The van der Waals surface area contributed by atoms with Crippen LogP contribution in [0.2, 0.25) is 0 Å². The van der Waals surface area contributed by atoms with Crippen molar-refractivity contribution in [3.05, 3.63) is 57.7 Å². The molecule has 0 heterocycles. The molecule has 2 nitrogen and oxygen atoms in total. The average Bonchev–Trinajstić information content (AvgIpc) is 2.41. The molecule has 0 aliphatic rings. The highest BCUT2D eigenvalue weighted by Gasteiger charge is 2.32. The van der Waals surface area contributed by atoms with Gasteiger partial charge >= 0.3 is 0 Å². The summed E-state index contributed by atoms with van der Waals surface area (Å²) in [6, 6.07) is 3.98. The van der Waals surface area contributed by atoms with E-state index >= 15 is 0 Å². The first-order valence-electron chi connectivity index (χ1n) is 8.04. The van der Waals surface area contributed by atoms with Crippen molar-refractivity contribution < 1.29 is 9.36 Å². The van der Waals surface area contributed by atoms with E-state index in [0.717, 1.165) is 27.8 Å². The van der Waals surface area contributed by atoms with Crippen molar-refractivity contribution in [2.45, 2.75) is 48.5 Å². The maximum atomic E-state index is 13.5. The van der Waals surface area contributed by atoms with Crippen molar-refractivity contribution in [3.63, 3.8) is 0 Å². The Morgan fingerprint density at radius 3 is 1.65 bits per heavy atom. The second-order valence-electron chi connectivity index (χ2n) is 6.90. The Morgan fingerprint density at radius 2 is 1.30 bits per heavy atom. The van der Waals surface area contributed by atoms with Gasteiger partial charge in [0.1, 0.15) is 0 Å². The second-order valence-corrected chi connectivity index (χ2v) is 9.81. The molecule has 0 saturated carbocycles. The Balaban J connectivity index is 3.37. The van der Waals surface area contributed by atoms with Gasteiger partial charge in [0.25, 0.3) is 0 Å². The summed E-state index contributed by atoms with van der Waals surface area (Å²) in [4.78, 5) is 13.1.